The molecule has 1 saturated heterocycles. The van der Waals surface area contributed by atoms with Gasteiger partial charge in [-0.05, 0) is 43.0 Å². The van der Waals surface area contributed by atoms with Crippen molar-refractivity contribution >= 4 is 27.5 Å². The highest BCUT2D eigenvalue weighted by Gasteiger charge is 2.60. The van der Waals surface area contributed by atoms with Crippen LogP contribution in [0.3, 0.4) is 0 Å². The van der Waals surface area contributed by atoms with Crippen LogP contribution in [0.25, 0.3) is 0 Å². The van der Waals surface area contributed by atoms with Crippen LogP contribution in [0.5, 0.6) is 0 Å². The highest BCUT2D eigenvalue weighted by atomic mass is 79.9. The molecule has 1 saturated carbocycles. The van der Waals surface area contributed by atoms with Crippen molar-refractivity contribution in [1.29, 1.82) is 0 Å². The van der Waals surface area contributed by atoms with E-state index in [2.05, 4.69) is 45.1 Å². The number of fused-ring (bicyclic) bond motifs is 1. The Bertz CT molecular complexity index is 405. The van der Waals surface area contributed by atoms with Crippen LogP contribution in [0.2, 0.25) is 0 Å². The third-order valence-electron chi connectivity index (χ3n) is 4.24. The summed E-state index contributed by atoms with van der Waals surface area (Å²) in [6.07, 6.45) is 2.50. The van der Waals surface area contributed by atoms with E-state index in [9.17, 15) is 0 Å². The molecular formula is C14H17BrClN. The molecule has 1 aliphatic heterocycles. The van der Waals surface area contributed by atoms with E-state index in [0.717, 1.165) is 24.8 Å². The smallest absolute Gasteiger partial charge is 0.0235 e. The molecule has 0 bridgehead atoms. The van der Waals surface area contributed by atoms with Crippen molar-refractivity contribution in [2.45, 2.75) is 18.3 Å². The zero-order valence-electron chi connectivity index (χ0n) is 9.83. The monoisotopic (exact) mass is 313 g/mol. The maximum Gasteiger partial charge on any atom is 0.0235 e. The van der Waals surface area contributed by atoms with Crippen molar-refractivity contribution in [2.24, 2.45) is 5.92 Å². The number of rotatable bonds is 4. The summed E-state index contributed by atoms with van der Waals surface area (Å²) in [4.78, 5) is 2.58. The summed E-state index contributed by atoms with van der Waals surface area (Å²) in [5.74, 6) is 1.67. The van der Waals surface area contributed by atoms with E-state index in [1.54, 1.807) is 0 Å². The van der Waals surface area contributed by atoms with Gasteiger partial charge in [0.25, 0.3) is 0 Å². The summed E-state index contributed by atoms with van der Waals surface area (Å²) in [5, 5.41) is 0. The molecule has 0 aromatic heterocycles. The molecule has 0 N–H and O–H groups in total. The minimum atomic E-state index is 0.479. The quantitative estimate of drug-likeness (QED) is 0.767. The van der Waals surface area contributed by atoms with E-state index in [1.165, 1.54) is 29.5 Å². The first-order chi connectivity index (χ1) is 8.24. The Morgan fingerprint density at radius 1 is 1.35 bits per heavy atom. The van der Waals surface area contributed by atoms with Crippen molar-refractivity contribution in [3.8, 4) is 0 Å². The van der Waals surface area contributed by atoms with E-state index in [4.69, 9.17) is 11.6 Å². The Hall–Kier alpha value is -0.0500. The predicted molar refractivity (Wildman–Crippen MR) is 75.7 cm³/mol. The van der Waals surface area contributed by atoms with Crippen molar-refractivity contribution in [1.82, 2.24) is 4.90 Å². The van der Waals surface area contributed by atoms with Crippen molar-refractivity contribution in [3.05, 3.63) is 34.3 Å². The molecule has 3 heteroatoms. The van der Waals surface area contributed by atoms with Crippen LogP contribution in [-0.2, 0) is 5.41 Å². The zero-order chi connectivity index (χ0) is 11.9. The largest absolute Gasteiger partial charge is 0.302 e. The highest BCUT2D eigenvalue weighted by Crippen LogP contribution is 2.58. The normalized spacial score (nSPS) is 31.5. The van der Waals surface area contributed by atoms with Crippen LogP contribution < -0.4 is 0 Å². The number of hydrogen-bond donors (Lipinski definition) is 0. The average Bonchev–Trinajstić information content (AvgIpc) is 2.91. The van der Waals surface area contributed by atoms with Gasteiger partial charge in [0.1, 0.15) is 0 Å². The van der Waals surface area contributed by atoms with E-state index in [1.807, 2.05) is 0 Å². The van der Waals surface area contributed by atoms with Gasteiger partial charge in [-0.25, -0.2) is 0 Å². The summed E-state index contributed by atoms with van der Waals surface area (Å²) in [7, 11) is 0. The fourth-order valence-corrected chi connectivity index (χ4v) is 3.65. The molecule has 1 heterocycles. The summed E-state index contributed by atoms with van der Waals surface area (Å²) >= 11 is 9.27. The lowest BCUT2D eigenvalue weighted by Crippen LogP contribution is -2.27. The molecule has 1 aromatic rings. The van der Waals surface area contributed by atoms with Crippen molar-refractivity contribution in [3.63, 3.8) is 0 Å². The third-order valence-corrected chi connectivity index (χ3v) is 5.04. The molecule has 92 valence electrons. The predicted octanol–water partition coefficient (Wildman–Crippen LogP) is 3.65. The Morgan fingerprint density at radius 3 is 2.82 bits per heavy atom. The number of hydrogen-bond acceptors (Lipinski definition) is 1. The molecule has 2 aliphatic rings. The second kappa shape index (κ2) is 4.56. The minimum Gasteiger partial charge on any atom is -0.302 e. The SMILES string of the molecule is ClCCCN1C[C@H]2C[C@]2(c2ccc(Br)cc2)C1. The van der Waals surface area contributed by atoms with Gasteiger partial charge in [0, 0.05) is 28.9 Å². The number of piperidine rings is 1. The second-order valence-electron chi connectivity index (χ2n) is 5.34. The molecule has 2 atom stereocenters. The molecule has 1 aromatic carbocycles. The van der Waals surface area contributed by atoms with Crippen LogP contribution >= 0.6 is 27.5 Å². The Kier molecular flexibility index (Phi) is 3.22. The van der Waals surface area contributed by atoms with Crippen LogP contribution in [0.4, 0.5) is 0 Å². The van der Waals surface area contributed by atoms with Gasteiger partial charge in [-0.1, -0.05) is 28.1 Å². The first-order valence-electron chi connectivity index (χ1n) is 6.29. The van der Waals surface area contributed by atoms with E-state index in [-0.39, 0.29) is 0 Å². The molecule has 0 radical (unpaired) electrons. The molecule has 1 nitrogen and oxygen atoms in total. The zero-order valence-corrected chi connectivity index (χ0v) is 12.2. The molecule has 1 aliphatic carbocycles. The maximum atomic E-state index is 5.76. The molecule has 3 rings (SSSR count). The van der Waals surface area contributed by atoms with Gasteiger partial charge in [0.2, 0.25) is 0 Å². The third kappa shape index (κ3) is 2.16. The maximum absolute atomic E-state index is 5.76. The topological polar surface area (TPSA) is 3.24 Å². The summed E-state index contributed by atoms with van der Waals surface area (Å²) < 4.78 is 1.17. The van der Waals surface area contributed by atoms with Crippen LogP contribution in [-0.4, -0.2) is 30.4 Å². The lowest BCUT2D eigenvalue weighted by molar-refractivity contribution is 0.299. The van der Waals surface area contributed by atoms with Crippen LogP contribution in [0.1, 0.15) is 18.4 Å². The Morgan fingerprint density at radius 2 is 2.12 bits per heavy atom. The van der Waals surface area contributed by atoms with Gasteiger partial charge in [-0.3, -0.25) is 0 Å². The molecule has 0 unspecified atom stereocenters. The van der Waals surface area contributed by atoms with E-state index < -0.39 is 0 Å². The van der Waals surface area contributed by atoms with Gasteiger partial charge in [-0.2, -0.15) is 0 Å². The number of likely N-dealkylation sites (tertiary alicyclic amines) is 1. The van der Waals surface area contributed by atoms with Gasteiger partial charge in [0.15, 0.2) is 0 Å². The molecule has 17 heavy (non-hydrogen) atoms. The number of benzene rings is 1. The first kappa shape index (κ1) is 12.0. The van der Waals surface area contributed by atoms with Crippen LogP contribution in [0, 0.1) is 5.92 Å². The molecular weight excluding hydrogens is 298 g/mol. The van der Waals surface area contributed by atoms with Gasteiger partial charge in [-0.15, -0.1) is 11.6 Å². The second-order valence-corrected chi connectivity index (χ2v) is 6.64. The fraction of sp³-hybridized carbons (Fsp3) is 0.571. The van der Waals surface area contributed by atoms with E-state index in [0.29, 0.717) is 5.41 Å². The summed E-state index contributed by atoms with van der Waals surface area (Å²) in [6, 6.07) is 8.91. The fourth-order valence-electron chi connectivity index (χ4n) is 3.27. The molecule has 2 fully saturated rings. The lowest BCUT2D eigenvalue weighted by atomic mass is 9.95. The number of alkyl halides is 1. The molecule has 0 spiro atoms. The van der Waals surface area contributed by atoms with E-state index >= 15 is 0 Å². The minimum absolute atomic E-state index is 0.479. The Labute approximate surface area is 116 Å². The van der Waals surface area contributed by atoms with Crippen molar-refractivity contribution in [2.75, 3.05) is 25.5 Å². The lowest BCUT2D eigenvalue weighted by Gasteiger charge is -2.20. The molecule has 0 amide bonds. The first-order valence-corrected chi connectivity index (χ1v) is 7.62. The van der Waals surface area contributed by atoms with Gasteiger partial charge >= 0.3 is 0 Å². The van der Waals surface area contributed by atoms with Crippen molar-refractivity contribution < 1.29 is 0 Å². The number of halogens is 2. The van der Waals surface area contributed by atoms with Crippen LogP contribution in [0.15, 0.2) is 28.7 Å². The summed E-state index contributed by atoms with van der Waals surface area (Å²) in [5.41, 5.74) is 2.01. The standard InChI is InChI=1S/C14H17BrClN/c15-13-4-2-11(3-5-13)14-8-12(14)9-17(10-14)7-1-6-16/h2-5,12H,1,6-10H2/t12-,14-/m1/s1. The number of nitrogens with zero attached hydrogens (tertiary/aromatic N) is 1. The highest BCUT2D eigenvalue weighted by molar-refractivity contribution is 9.10. The van der Waals surface area contributed by atoms with Gasteiger partial charge < -0.3 is 4.90 Å². The van der Waals surface area contributed by atoms with Gasteiger partial charge in [0.05, 0.1) is 0 Å². The Balaban J connectivity index is 1.71. The summed E-state index contributed by atoms with van der Waals surface area (Å²) in [6.45, 7) is 3.67. The average molecular weight is 315 g/mol.